The fourth-order valence-electron chi connectivity index (χ4n) is 2.89. The molecule has 0 atom stereocenters. The molecule has 0 radical (unpaired) electrons. The molecule has 0 bridgehead atoms. The van der Waals surface area contributed by atoms with Crippen LogP contribution in [0.2, 0.25) is 0 Å². The van der Waals surface area contributed by atoms with E-state index in [2.05, 4.69) is 24.7 Å². The van der Waals surface area contributed by atoms with Gasteiger partial charge in [0.25, 0.3) is 0 Å². The van der Waals surface area contributed by atoms with Crippen molar-refractivity contribution in [2.45, 2.75) is 14.8 Å². The summed E-state index contributed by atoms with van der Waals surface area (Å²) in [7, 11) is 0. The minimum absolute atomic E-state index is 0. The number of aromatic carboxylic acids is 1. The quantitative estimate of drug-likeness (QED) is 0.0895. The van der Waals surface area contributed by atoms with E-state index in [0.717, 1.165) is 28.5 Å². The number of hydrogen-bond donors (Lipinski definition) is 1. The Balaban J connectivity index is 0.00000193. The second-order valence-electron chi connectivity index (χ2n) is 6.14. The number of carboxylic acid groups (broad SMARTS) is 1. The summed E-state index contributed by atoms with van der Waals surface area (Å²) >= 11 is 2.04. The third-order valence-corrected chi connectivity index (χ3v) is 5.79. The van der Waals surface area contributed by atoms with E-state index in [-0.39, 0.29) is 64.7 Å². The van der Waals surface area contributed by atoms with Gasteiger partial charge >= 0.3 is 59.1 Å². The van der Waals surface area contributed by atoms with Crippen molar-refractivity contribution < 1.29 is 83.6 Å². The average molecular weight is 497 g/mol. The van der Waals surface area contributed by atoms with Gasteiger partial charge in [-0.2, -0.15) is 4.33 Å². The molecule has 3 aromatic carbocycles. The Bertz CT molecular complexity index is 1250. The number of nitrogens with zero attached hydrogens (tertiary/aromatic N) is 2. The van der Waals surface area contributed by atoms with Gasteiger partial charge in [0.05, 0.1) is 18.0 Å². The molecular formula is C21H13N3Na2O5S2. The minimum atomic E-state index is -1.24. The van der Waals surface area contributed by atoms with Crippen molar-refractivity contribution in [2.75, 3.05) is 5.32 Å². The maximum absolute atomic E-state index is 11.3. The standard InChI is InChI=1S/C21H15N3O5S2.2Na/c25-20(26)16-5-1-2-7-18(16)30-19-10-11-22-21(24-19)23-17-6-3-4-13-12-14(31-29-28-27)8-9-15(13)17;;/h1-12,27H,(H,25,26)(H,22,23,24);;/q;2*+1/p-2. The van der Waals surface area contributed by atoms with Gasteiger partial charge < -0.3 is 20.5 Å². The smallest absolute Gasteiger partial charge is 0.691 e. The fraction of sp³-hybridized carbons (Fsp3) is 0. The van der Waals surface area contributed by atoms with Crippen LogP contribution in [0.1, 0.15) is 10.4 Å². The molecule has 33 heavy (non-hydrogen) atoms. The zero-order valence-electron chi connectivity index (χ0n) is 17.7. The third-order valence-electron chi connectivity index (χ3n) is 4.21. The summed E-state index contributed by atoms with van der Waals surface area (Å²) in [5.74, 6) is -0.874. The molecule has 156 valence electrons. The van der Waals surface area contributed by atoms with Crippen LogP contribution in [0, 0.1) is 0 Å². The van der Waals surface area contributed by atoms with Crippen LogP contribution in [0.25, 0.3) is 10.8 Å². The summed E-state index contributed by atoms with van der Waals surface area (Å²) in [4.78, 5) is 21.3. The van der Waals surface area contributed by atoms with Gasteiger partial charge in [-0.25, -0.2) is 9.97 Å². The molecule has 0 aliphatic rings. The summed E-state index contributed by atoms with van der Waals surface area (Å²) in [5, 5.41) is 30.3. The van der Waals surface area contributed by atoms with Gasteiger partial charge in [-0.3, -0.25) is 5.04 Å². The van der Waals surface area contributed by atoms with Crippen LogP contribution in [-0.2, 0) is 9.37 Å². The van der Waals surface area contributed by atoms with Crippen LogP contribution in [0.15, 0.2) is 87.7 Å². The minimum Gasteiger partial charge on any atom is -0.691 e. The second kappa shape index (κ2) is 13.7. The number of carbonyl (C=O) groups is 1. The van der Waals surface area contributed by atoms with E-state index in [4.69, 9.17) is 0 Å². The molecule has 0 aliphatic heterocycles. The molecule has 4 rings (SSSR count). The zero-order chi connectivity index (χ0) is 21.6. The average Bonchev–Trinajstić information content (AvgIpc) is 2.78. The van der Waals surface area contributed by atoms with Gasteiger partial charge in [0.15, 0.2) is 0 Å². The Morgan fingerprint density at radius 3 is 2.61 bits per heavy atom. The molecule has 0 fully saturated rings. The molecule has 0 amide bonds. The van der Waals surface area contributed by atoms with Crippen LogP contribution >= 0.6 is 23.8 Å². The van der Waals surface area contributed by atoms with Gasteiger partial charge in [-0.15, -0.1) is 0 Å². The molecule has 1 heterocycles. The van der Waals surface area contributed by atoms with E-state index < -0.39 is 5.97 Å². The molecule has 0 spiro atoms. The van der Waals surface area contributed by atoms with Crippen molar-refractivity contribution in [3.8, 4) is 0 Å². The summed E-state index contributed by atoms with van der Waals surface area (Å²) in [6, 6.07) is 19.5. The number of fused-ring (bicyclic) bond motifs is 1. The Kier molecular flexibility index (Phi) is 11.6. The maximum atomic E-state index is 11.3. The summed E-state index contributed by atoms with van der Waals surface area (Å²) in [5.41, 5.74) is 0.891. The van der Waals surface area contributed by atoms with E-state index in [1.807, 2.05) is 30.3 Å². The van der Waals surface area contributed by atoms with Crippen LogP contribution in [0.4, 0.5) is 11.6 Å². The van der Waals surface area contributed by atoms with Crippen LogP contribution < -0.4 is 74.8 Å². The van der Waals surface area contributed by atoms with Crippen molar-refractivity contribution in [2.24, 2.45) is 0 Å². The molecule has 8 nitrogen and oxygen atoms in total. The van der Waals surface area contributed by atoms with E-state index in [1.165, 1.54) is 17.8 Å². The zero-order valence-corrected chi connectivity index (χ0v) is 23.3. The van der Waals surface area contributed by atoms with E-state index in [0.29, 0.717) is 20.8 Å². The molecule has 1 aromatic heterocycles. The van der Waals surface area contributed by atoms with Crippen molar-refractivity contribution in [3.63, 3.8) is 0 Å². The predicted molar refractivity (Wildman–Crippen MR) is 112 cm³/mol. The number of anilines is 2. The maximum Gasteiger partial charge on any atom is 1.00 e. The van der Waals surface area contributed by atoms with E-state index in [9.17, 15) is 15.2 Å². The number of aromatic nitrogens is 2. The van der Waals surface area contributed by atoms with Gasteiger partial charge in [0.1, 0.15) is 5.03 Å². The van der Waals surface area contributed by atoms with Crippen molar-refractivity contribution >= 4 is 52.2 Å². The summed E-state index contributed by atoms with van der Waals surface area (Å²) in [6.07, 6.45) is 1.60. The number of rotatable bonds is 8. The normalized spacial score (nSPS) is 10.2. The molecule has 0 saturated carbocycles. The number of hydrogen-bond acceptors (Lipinski definition) is 10. The number of carbonyl (C=O) groups excluding carboxylic acids is 1. The molecule has 0 unspecified atom stereocenters. The molecular weight excluding hydrogens is 484 g/mol. The topological polar surface area (TPSA) is 119 Å². The van der Waals surface area contributed by atoms with Gasteiger partial charge in [-0.05, 0) is 35.7 Å². The Morgan fingerprint density at radius 1 is 1.00 bits per heavy atom. The molecule has 1 N–H and O–H groups in total. The first-order valence-corrected chi connectivity index (χ1v) is 10.4. The third kappa shape index (κ3) is 7.41. The van der Waals surface area contributed by atoms with Gasteiger partial charge in [0.2, 0.25) is 5.95 Å². The summed E-state index contributed by atoms with van der Waals surface area (Å²) < 4.78 is 4.36. The molecule has 4 aromatic rings. The predicted octanol–water partition coefficient (Wildman–Crippen LogP) is -2.87. The number of benzene rings is 3. The SMILES string of the molecule is O=C([O-])c1ccccc1Sc1ccnc(Nc2cccc3cc(SOO[O-])ccc23)n1.[Na+].[Na+]. The first kappa shape index (κ1) is 28.1. The largest absolute Gasteiger partial charge is 1.00 e. The summed E-state index contributed by atoms with van der Waals surface area (Å²) in [6.45, 7) is 0. The van der Waals surface area contributed by atoms with E-state index in [1.54, 1.807) is 36.5 Å². The first-order chi connectivity index (χ1) is 15.1. The number of carboxylic acids is 1. The van der Waals surface area contributed by atoms with Crippen molar-refractivity contribution in [1.29, 1.82) is 0 Å². The van der Waals surface area contributed by atoms with Gasteiger partial charge in [0, 0.05) is 32.6 Å². The number of nitrogens with one attached hydrogen (secondary N) is 1. The van der Waals surface area contributed by atoms with Crippen LogP contribution in [0.5, 0.6) is 0 Å². The van der Waals surface area contributed by atoms with E-state index >= 15 is 0 Å². The fourth-order valence-corrected chi connectivity index (χ4v) is 4.19. The monoisotopic (exact) mass is 497 g/mol. The first-order valence-electron chi connectivity index (χ1n) is 8.88. The molecule has 0 saturated heterocycles. The van der Waals surface area contributed by atoms with Crippen LogP contribution in [0.3, 0.4) is 0 Å². The van der Waals surface area contributed by atoms with Gasteiger partial charge in [-0.1, -0.05) is 48.2 Å². The Labute approximate surface area is 242 Å². The second-order valence-corrected chi connectivity index (χ2v) is 7.97. The Hall–Kier alpha value is -1.15. The molecule has 0 aliphatic carbocycles. The van der Waals surface area contributed by atoms with Crippen LogP contribution in [-0.4, -0.2) is 15.9 Å². The Morgan fingerprint density at radius 2 is 1.82 bits per heavy atom. The van der Waals surface area contributed by atoms with Crippen molar-refractivity contribution in [3.05, 3.63) is 78.5 Å². The molecule has 12 heteroatoms. The van der Waals surface area contributed by atoms with Crippen molar-refractivity contribution in [1.82, 2.24) is 9.97 Å².